The number of nitriles is 1. The quantitative estimate of drug-likeness (QED) is 0.843. The van der Waals surface area contributed by atoms with Gasteiger partial charge in [-0.2, -0.15) is 10.4 Å². The summed E-state index contributed by atoms with van der Waals surface area (Å²) >= 11 is 0. The molecule has 146 valence electrons. The van der Waals surface area contributed by atoms with E-state index in [9.17, 15) is 9.90 Å². The van der Waals surface area contributed by atoms with Crippen LogP contribution in [0.1, 0.15) is 29.8 Å². The highest BCUT2D eigenvalue weighted by atomic mass is 16.3. The van der Waals surface area contributed by atoms with Crippen LogP contribution in [-0.4, -0.2) is 62.4 Å². The minimum atomic E-state index is -1.34. The Morgan fingerprint density at radius 3 is 2.82 bits per heavy atom. The summed E-state index contributed by atoms with van der Waals surface area (Å²) in [5.74, 6) is -0.161. The smallest absolute Gasteiger partial charge is 0.255 e. The third-order valence-corrected chi connectivity index (χ3v) is 5.69. The summed E-state index contributed by atoms with van der Waals surface area (Å²) in [5.41, 5.74) is 1.23. The van der Waals surface area contributed by atoms with Gasteiger partial charge < -0.3 is 10.0 Å². The predicted molar refractivity (Wildman–Crippen MR) is 103 cm³/mol. The number of β-amino-alcohol motifs (C(OH)–C–C–N with tert-alkyl or cyclic N) is 1. The Kier molecular flexibility index (Phi) is 5.16. The molecule has 1 amide bonds. The molecule has 1 fully saturated rings. The van der Waals surface area contributed by atoms with Crippen LogP contribution in [-0.2, 0) is 24.3 Å². The van der Waals surface area contributed by atoms with Gasteiger partial charge in [-0.05, 0) is 30.9 Å². The molecule has 7 heteroatoms. The van der Waals surface area contributed by atoms with E-state index < -0.39 is 5.60 Å². The second-order valence-electron chi connectivity index (χ2n) is 7.73. The molecule has 0 aliphatic carbocycles. The van der Waals surface area contributed by atoms with Crippen LogP contribution in [0.5, 0.6) is 0 Å². The lowest BCUT2D eigenvalue weighted by molar-refractivity contribution is -0.160. The number of nitrogens with zero attached hydrogens (tertiary/aromatic N) is 5. The maximum atomic E-state index is 13.0. The molecule has 1 aromatic heterocycles. The molecule has 0 unspecified atom stereocenters. The minimum Gasteiger partial charge on any atom is -0.379 e. The van der Waals surface area contributed by atoms with Gasteiger partial charge in [0, 0.05) is 32.7 Å². The molecular weight excluding hydrogens is 354 g/mol. The summed E-state index contributed by atoms with van der Waals surface area (Å²) in [6.07, 6.45) is 2.09. The van der Waals surface area contributed by atoms with Crippen molar-refractivity contribution in [1.82, 2.24) is 19.6 Å². The largest absolute Gasteiger partial charge is 0.379 e. The Hall–Kier alpha value is -2.69. The zero-order valence-corrected chi connectivity index (χ0v) is 15.9. The lowest BCUT2D eigenvalue weighted by Gasteiger charge is -2.41. The maximum Gasteiger partial charge on any atom is 0.255 e. The van der Waals surface area contributed by atoms with E-state index in [0.717, 1.165) is 18.5 Å². The Morgan fingerprint density at radius 2 is 2.04 bits per heavy atom. The first-order chi connectivity index (χ1) is 13.6. The zero-order chi connectivity index (χ0) is 19.6. The molecule has 2 aliphatic rings. The van der Waals surface area contributed by atoms with E-state index in [2.05, 4.69) is 28.2 Å². The maximum absolute atomic E-state index is 13.0. The van der Waals surface area contributed by atoms with Crippen molar-refractivity contribution in [2.45, 2.75) is 38.0 Å². The van der Waals surface area contributed by atoms with Crippen molar-refractivity contribution in [2.24, 2.45) is 0 Å². The fourth-order valence-electron chi connectivity index (χ4n) is 4.21. The van der Waals surface area contributed by atoms with Gasteiger partial charge in [-0.3, -0.25) is 14.4 Å². The summed E-state index contributed by atoms with van der Waals surface area (Å²) in [4.78, 5) is 16.9. The van der Waals surface area contributed by atoms with Gasteiger partial charge in [0.2, 0.25) is 0 Å². The van der Waals surface area contributed by atoms with E-state index >= 15 is 0 Å². The Labute approximate surface area is 164 Å². The van der Waals surface area contributed by atoms with Gasteiger partial charge in [-0.1, -0.05) is 30.3 Å². The van der Waals surface area contributed by atoms with Crippen molar-refractivity contribution >= 4 is 5.91 Å². The van der Waals surface area contributed by atoms with Gasteiger partial charge in [0.1, 0.15) is 6.07 Å². The molecular formula is C21H25N5O2. The van der Waals surface area contributed by atoms with Crippen molar-refractivity contribution in [2.75, 3.05) is 26.2 Å². The second-order valence-corrected chi connectivity index (χ2v) is 7.73. The molecule has 0 radical (unpaired) electrons. The van der Waals surface area contributed by atoms with Crippen LogP contribution in [0, 0.1) is 11.3 Å². The third-order valence-electron chi connectivity index (χ3n) is 5.69. The van der Waals surface area contributed by atoms with Crippen LogP contribution < -0.4 is 0 Å². The first kappa shape index (κ1) is 18.7. The number of hydrogen-bond donors (Lipinski definition) is 1. The van der Waals surface area contributed by atoms with Crippen LogP contribution >= 0.6 is 0 Å². The molecule has 4 rings (SSSR count). The first-order valence-electron chi connectivity index (χ1n) is 9.82. The molecule has 1 saturated heterocycles. The van der Waals surface area contributed by atoms with E-state index in [0.29, 0.717) is 51.4 Å². The predicted octanol–water partition coefficient (Wildman–Crippen LogP) is 1.17. The van der Waals surface area contributed by atoms with Gasteiger partial charge in [0.25, 0.3) is 5.91 Å². The molecule has 7 nitrogen and oxygen atoms in total. The average Bonchev–Trinajstić information content (AvgIpc) is 3.12. The Balaban J connectivity index is 1.39. The molecule has 1 atom stereocenters. The van der Waals surface area contributed by atoms with Gasteiger partial charge >= 0.3 is 0 Å². The average molecular weight is 379 g/mol. The van der Waals surface area contributed by atoms with Gasteiger partial charge in [-0.25, -0.2) is 0 Å². The summed E-state index contributed by atoms with van der Waals surface area (Å²) in [5, 5.41) is 24.4. The summed E-state index contributed by atoms with van der Waals surface area (Å²) in [6, 6.07) is 14.0. The number of likely N-dealkylation sites (tertiary alicyclic amines) is 1. The molecule has 0 bridgehead atoms. The number of aliphatic hydroxyl groups is 1. The van der Waals surface area contributed by atoms with Crippen LogP contribution in [0.25, 0.3) is 0 Å². The van der Waals surface area contributed by atoms with Crippen LogP contribution in [0.2, 0.25) is 0 Å². The molecule has 3 heterocycles. The van der Waals surface area contributed by atoms with Crippen molar-refractivity contribution in [3.8, 4) is 6.07 Å². The van der Waals surface area contributed by atoms with Crippen LogP contribution in [0.4, 0.5) is 0 Å². The van der Waals surface area contributed by atoms with Gasteiger partial charge in [0.05, 0.1) is 12.2 Å². The van der Waals surface area contributed by atoms with Crippen LogP contribution in [0.3, 0.4) is 0 Å². The van der Waals surface area contributed by atoms with Crippen LogP contribution in [0.15, 0.2) is 36.4 Å². The number of carbonyl (C=O) groups excluding carboxylic acids is 1. The Morgan fingerprint density at radius 1 is 1.21 bits per heavy atom. The van der Waals surface area contributed by atoms with Crippen molar-refractivity contribution < 1.29 is 9.90 Å². The third kappa shape index (κ3) is 3.79. The number of piperidine rings is 1. The normalized spacial score (nSPS) is 22.7. The molecule has 2 aromatic rings. The number of rotatable bonds is 5. The molecule has 1 aromatic carbocycles. The van der Waals surface area contributed by atoms with E-state index in [1.165, 1.54) is 5.56 Å². The standard InChI is InChI=1S/C21H25N5O2/c22-14-18-13-19-15-24(11-12-26(19)23-18)16-21(28)8-4-9-25(20(21)27)10-7-17-5-2-1-3-6-17/h1-3,5-6,13,28H,4,7-12,15-16H2/t21-/m0/s1. The summed E-state index contributed by atoms with van der Waals surface area (Å²) in [7, 11) is 0. The lowest BCUT2D eigenvalue weighted by Crippen LogP contribution is -2.59. The van der Waals surface area contributed by atoms with Gasteiger partial charge in [0.15, 0.2) is 11.3 Å². The SMILES string of the molecule is N#Cc1cc2n(n1)CCN(C[C@@]1(O)CCCN(CCc3ccccc3)C1=O)C2. The number of benzene rings is 1. The summed E-state index contributed by atoms with van der Waals surface area (Å²) in [6.45, 7) is 3.61. The molecule has 1 N–H and O–H groups in total. The Bertz CT molecular complexity index is 888. The highest BCUT2D eigenvalue weighted by Gasteiger charge is 2.43. The monoisotopic (exact) mass is 379 g/mol. The minimum absolute atomic E-state index is 0.161. The highest BCUT2D eigenvalue weighted by molar-refractivity contribution is 5.86. The number of hydrogen-bond acceptors (Lipinski definition) is 5. The first-order valence-corrected chi connectivity index (χ1v) is 9.82. The lowest BCUT2D eigenvalue weighted by atomic mass is 9.90. The molecule has 0 spiro atoms. The van der Waals surface area contributed by atoms with Crippen molar-refractivity contribution in [3.05, 3.63) is 53.3 Å². The second kappa shape index (κ2) is 7.74. The zero-order valence-electron chi connectivity index (χ0n) is 15.9. The number of fused-ring (bicyclic) bond motifs is 1. The number of carbonyl (C=O) groups is 1. The van der Waals surface area contributed by atoms with Crippen molar-refractivity contribution in [1.29, 1.82) is 5.26 Å². The molecule has 28 heavy (non-hydrogen) atoms. The van der Waals surface area contributed by atoms with E-state index in [-0.39, 0.29) is 5.91 Å². The van der Waals surface area contributed by atoms with Gasteiger partial charge in [-0.15, -0.1) is 0 Å². The number of aromatic nitrogens is 2. The molecule has 0 saturated carbocycles. The topological polar surface area (TPSA) is 85.4 Å². The van der Waals surface area contributed by atoms with E-state index in [4.69, 9.17) is 5.26 Å². The fourth-order valence-corrected chi connectivity index (χ4v) is 4.21. The molecule has 2 aliphatic heterocycles. The van der Waals surface area contributed by atoms with E-state index in [1.54, 1.807) is 11.0 Å². The summed E-state index contributed by atoms with van der Waals surface area (Å²) < 4.78 is 1.84. The van der Waals surface area contributed by atoms with Crippen molar-refractivity contribution in [3.63, 3.8) is 0 Å². The fraction of sp³-hybridized carbons (Fsp3) is 0.476. The highest BCUT2D eigenvalue weighted by Crippen LogP contribution is 2.26. The van der Waals surface area contributed by atoms with E-state index in [1.807, 2.05) is 22.9 Å². The number of amides is 1.